The third-order valence-electron chi connectivity index (χ3n) is 4.19. The predicted octanol–water partition coefficient (Wildman–Crippen LogP) is 6.10. The maximum atomic E-state index is 9.38. The van der Waals surface area contributed by atoms with Crippen LogP contribution >= 0.6 is 0 Å². The van der Waals surface area contributed by atoms with E-state index >= 15 is 0 Å². The first-order chi connectivity index (χ1) is 9.35. The van der Waals surface area contributed by atoms with Gasteiger partial charge >= 0.3 is 0 Å². The van der Waals surface area contributed by atoms with Gasteiger partial charge in [-0.15, -0.1) is 0 Å². The monoisotopic (exact) mass is 270 g/mol. The molecule has 1 atom stereocenters. The second-order valence-electron chi connectivity index (χ2n) is 6.16. The van der Waals surface area contributed by atoms with Crippen LogP contribution < -0.4 is 0 Å². The summed E-state index contributed by atoms with van der Waals surface area (Å²) in [5.41, 5.74) is 0. The highest BCUT2D eigenvalue weighted by Gasteiger charge is 2.06. The van der Waals surface area contributed by atoms with E-state index in [-0.39, 0.29) is 0 Å². The van der Waals surface area contributed by atoms with Gasteiger partial charge in [0.2, 0.25) is 0 Å². The Morgan fingerprint density at radius 2 is 0.947 bits per heavy atom. The van der Waals surface area contributed by atoms with E-state index in [9.17, 15) is 5.11 Å². The third-order valence-corrected chi connectivity index (χ3v) is 4.19. The van der Waals surface area contributed by atoms with Gasteiger partial charge in [-0.1, -0.05) is 90.9 Å². The van der Waals surface area contributed by atoms with Crippen LogP contribution in [0.15, 0.2) is 0 Å². The fourth-order valence-electron chi connectivity index (χ4n) is 2.75. The summed E-state index contributed by atoms with van der Waals surface area (Å²) in [6.07, 6.45) is 18.9. The van der Waals surface area contributed by atoms with Gasteiger partial charge in [-0.25, -0.2) is 0 Å². The lowest BCUT2D eigenvalue weighted by Crippen LogP contribution is -2.06. The van der Waals surface area contributed by atoms with Gasteiger partial charge < -0.3 is 5.11 Å². The molecule has 0 aromatic carbocycles. The summed E-state index contributed by atoms with van der Waals surface area (Å²) in [4.78, 5) is 0. The molecule has 0 amide bonds. The maximum Gasteiger partial charge on any atom is 0.0459 e. The van der Waals surface area contributed by atoms with Gasteiger partial charge in [-0.05, 0) is 18.8 Å². The SMILES string of the molecule is CCCCCCCCCCC(CO)CCCCCC. The van der Waals surface area contributed by atoms with Crippen LogP contribution in [0.25, 0.3) is 0 Å². The topological polar surface area (TPSA) is 20.2 Å². The highest BCUT2D eigenvalue weighted by Crippen LogP contribution is 2.18. The number of aliphatic hydroxyl groups is 1. The fourth-order valence-corrected chi connectivity index (χ4v) is 2.75. The number of unbranched alkanes of at least 4 members (excludes halogenated alkanes) is 10. The summed E-state index contributed by atoms with van der Waals surface area (Å²) in [6.45, 7) is 4.93. The van der Waals surface area contributed by atoms with Crippen LogP contribution in [0.1, 0.15) is 104 Å². The minimum atomic E-state index is 0.405. The molecular weight excluding hydrogens is 232 g/mol. The van der Waals surface area contributed by atoms with Crippen LogP contribution in [-0.2, 0) is 0 Å². The normalized spacial score (nSPS) is 12.8. The van der Waals surface area contributed by atoms with Gasteiger partial charge in [0.15, 0.2) is 0 Å². The molecule has 0 bridgehead atoms. The highest BCUT2D eigenvalue weighted by molar-refractivity contribution is 4.59. The van der Waals surface area contributed by atoms with Gasteiger partial charge in [0.1, 0.15) is 0 Å². The first kappa shape index (κ1) is 19.0. The first-order valence-corrected chi connectivity index (χ1v) is 8.96. The number of hydrogen-bond donors (Lipinski definition) is 1. The number of aliphatic hydroxyl groups excluding tert-OH is 1. The summed E-state index contributed by atoms with van der Waals surface area (Å²) in [5.74, 6) is 0.581. The molecule has 0 radical (unpaired) electrons. The molecule has 0 spiro atoms. The predicted molar refractivity (Wildman–Crippen MR) is 86.6 cm³/mol. The van der Waals surface area contributed by atoms with E-state index in [1.54, 1.807) is 0 Å². The van der Waals surface area contributed by atoms with Gasteiger partial charge in [0, 0.05) is 6.61 Å². The van der Waals surface area contributed by atoms with Crippen molar-refractivity contribution in [2.75, 3.05) is 6.61 Å². The minimum Gasteiger partial charge on any atom is -0.396 e. The lowest BCUT2D eigenvalue weighted by Gasteiger charge is -2.13. The maximum absolute atomic E-state index is 9.38. The Morgan fingerprint density at radius 3 is 1.37 bits per heavy atom. The molecule has 0 saturated carbocycles. The van der Waals surface area contributed by atoms with E-state index in [0.717, 1.165) is 0 Å². The van der Waals surface area contributed by atoms with Crippen molar-refractivity contribution < 1.29 is 5.11 Å². The molecule has 1 nitrogen and oxygen atoms in total. The van der Waals surface area contributed by atoms with Gasteiger partial charge in [0.05, 0.1) is 0 Å². The van der Waals surface area contributed by atoms with Crippen molar-refractivity contribution in [1.82, 2.24) is 0 Å². The summed E-state index contributed by atoms with van der Waals surface area (Å²) >= 11 is 0. The third kappa shape index (κ3) is 14.2. The zero-order valence-corrected chi connectivity index (χ0v) is 13.6. The molecule has 0 aromatic heterocycles. The molecule has 0 aromatic rings. The first-order valence-electron chi connectivity index (χ1n) is 8.96. The average Bonchev–Trinajstić information content (AvgIpc) is 2.44. The molecule has 0 aliphatic heterocycles. The molecule has 19 heavy (non-hydrogen) atoms. The van der Waals surface area contributed by atoms with Crippen molar-refractivity contribution in [2.24, 2.45) is 5.92 Å². The van der Waals surface area contributed by atoms with Crippen molar-refractivity contribution in [3.05, 3.63) is 0 Å². The smallest absolute Gasteiger partial charge is 0.0459 e. The van der Waals surface area contributed by atoms with E-state index < -0.39 is 0 Å². The molecule has 1 N–H and O–H groups in total. The number of hydrogen-bond acceptors (Lipinski definition) is 1. The fraction of sp³-hybridized carbons (Fsp3) is 1.00. The van der Waals surface area contributed by atoms with Crippen molar-refractivity contribution in [3.8, 4) is 0 Å². The summed E-state index contributed by atoms with van der Waals surface area (Å²) in [5, 5.41) is 9.38. The Morgan fingerprint density at radius 1 is 0.579 bits per heavy atom. The van der Waals surface area contributed by atoms with Crippen LogP contribution in [-0.4, -0.2) is 11.7 Å². The zero-order valence-electron chi connectivity index (χ0n) is 13.6. The van der Waals surface area contributed by atoms with Crippen molar-refractivity contribution in [2.45, 2.75) is 104 Å². The van der Waals surface area contributed by atoms with Crippen LogP contribution in [0.5, 0.6) is 0 Å². The Balaban J connectivity index is 3.26. The lowest BCUT2D eigenvalue weighted by atomic mass is 9.95. The second kappa shape index (κ2) is 16.0. The second-order valence-corrected chi connectivity index (χ2v) is 6.16. The molecule has 0 heterocycles. The molecule has 116 valence electrons. The largest absolute Gasteiger partial charge is 0.396 e. The molecule has 0 fully saturated rings. The van der Waals surface area contributed by atoms with Gasteiger partial charge in [-0.3, -0.25) is 0 Å². The Bertz CT molecular complexity index is 156. The van der Waals surface area contributed by atoms with E-state index in [4.69, 9.17) is 0 Å². The average molecular weight is 271 g/mol. The Labute approximate surface area is 122 Å². The van der Waals surface area contributed by atoms with Gasteiger partial charge in [0.25, 0.3) is 0 Å². The quantitative estimate of drug-likeness (QED) is 0.357. The Hall–Kier alpha value is -0.0400. The highest BCUT2D eigenvalue weighted by atomic mass is 16.3. The Kier molecular flexibility index (Phi) is 16.0. The summed E-state index contributed by atoms with van der Waals surface area (Å²) in [7, 11) is 0. The van der Waals surface area contributed by atoms with E-state index in [1.165, 1.54) is 89.9 Å². The zero-order chi connectivity index (χ0) is 14.2. The van der Waals surface area contributed by atoms with E-state index in [1.807, 2.05) is 0 Å². The van der Waals surface area contributed by atoms with Crippen LogP contribution in [0.3, 0.4) is 0 Å². The molecule has 1 heteroatoms. The summed E-state index contributed by atoms with van der Waals surface area (Å²) < 4.78 is 0. The molecular formula is C18H38O. The van der Waals surface area contributed by atoms with Gasteiger partial charge in [-0.2, -0.15) is 0 Å². The molecule has 0 rings (SSSR count). The summed E-state index contributed by atoms with van der Waals surface area (Å²) in [6, 6.07) is 0. The van der Waals surface area contributed by atoms with Crippen molar-refractivity contribution >= 4 is 0 Å². The van der Waals surface area contributed by atoms with Crippen LogP contribution in [0, 0.1) is 5.92 Å². The standard InChI is InChI=1S/C18H38O/c1-3-5-7-9-10-11-12-14-16-18(17-19)15-13-8-6-4-2/h18-19H,3-17H2,1-2H3. The molecule has 0 aliphatic rings. The van der Waals surface area contributed by atoms with Crippen molar-refractivity contribution in [3.63, 3.8) is 0 Å². The molecule has 0 saturated heterocycles. The lowest BCUT2D eigenvalue weighted by molar-refractivity contribution is 0.204. The van der Waals surface area contributed by atoms with Crippen LogP contribution in [0.4, 0.5) is 0 Å². The molecule has 0 aliphatic carbocycles. The molecule has 1 unspecified atom stereocenters. The van der Waals surface area contributed by atoms with E-state index in [2.05, 4.69) is 13.8 Å². The van der Waals surface area contributed by atoms with E-state index in [0.29, 0.717) is 12.5 Å². The van der Waals surface area contributed by atoms with Crippen molar-refractivity contribution in [1.29, 1.82) is 0 Å². The minimum absolute atomic E-state index is 0.405. The number of rotatable bonds is 15. The van der Waals surface area contributed by atoms with Crippen LogP contribution in [0.2, 0.25) is 0 Å².